The summed E-state index contributed by atoms with van der Waals surface area (Å²) in [6.07, 6.45) is 0.897. The molecule has 2 aromatic rings. The van der Waals surface area contributed by atoms with Crippen molar-refractivity contribution in [3.05, 3.63) is 65.7 Å². The number of carbonyl (C=O) groups is 1. The Balaban J connectivity index is 1.98. The van der Waals surface area contributed by atoms with Gasteiger partial charge in [-0.05, 0) is 23.6 Å². The van der Waals surface area contributed by atoms with Crippen LogP contribution in [0.2, 0.25) is 0 Å². The monoisotopic (exact) mass is 326 g/mol. The molecule has 24 heavy (non-hydrogen) atoms. The maximum Gasteiger partial charge on any atom is 0.238 e. The average molecular weight is 326 g/mol. The lowest BCUT2D eigenvalue weighted by Gasteiger charge is -2.22. The number of ether oxygens (including phenoxy) is 1. The topological polar surface area (TPSA) is 41.6 Å². The lowest BCUT2D eigenvalue weighted by Crippen LogP contribution is -2.35. The first-order valence-electron chi connectivity index (χ1n) is 8.36. The summed E-state index contributed by atoms with van der Waals surface area (Å²) in [5.74, 6) is 0.00272. The predicted molar refractivity (Wildman–Crippen MR) is 98.0 cm³/mol. The van der Waals surface area contributed by atoms with Gasteiger partial charge in [0.1, 0.15) is 0 Å². The third-order valence-electron chi connectivity index (χ3n) is 3.90. The summed E-state index contributed by atoms with van der Waals surface area (Å²) in [5.41, 5.74) is 3.24. The number of para-hydroxylation sites is 1. The van der Waals surface area contributed by atoms with Crippen LogP contribution in [0.25, 0.3) is 0 Å². The van der Waals surface area contributed by atoms with Crippen LogP contribution in [0.1, 0.15) is 18.1 Å². The SMILES string of the molecule is CCc1ccccc1NC(=O)CN(CCOC)Cc1ccccc1. The number of hydrogen-bond acceptors (Lipinski definition) is 3. The van der Waals surface area contributed by atoms with Gasteiger partial charge in [0.05, 0.1) is 13.2 Å². The number of aryl methyl sites for hydroxylation is 1. The standard InChI is InChI=1S/C20H26N2O2/c1-3-18-11-7-8-12-19(18)21-20(23)16-22(13-14-24-2)15-17-9-5-4-6-10-17/h4-12H,3,13-16H2,1-2H3,(H,21,23). The summed E-state index contributed by atoms with van der Waals surface area (Å²) in [6, 6.07) is 18.1. The Labute approximate surface area is 144 Å². The number of nitrogens with zero attached hydrogens (tertiary/aromatic N) is 1. The van der Waals surface area contributed by atoms with E-state index in [1.807, 2.05) is 42.5 Å². The van der Waals surface area contributed by atoms with E-state index in [2.05, 4.69) is 29.3 Å². The summed E-state index contributed by atoms with van der Waals surface area (Å²) in [4.78, 5) is 14.6. The number of hydrogen-bond donors (Lipinski definition) is 1. The molecule has 2 aromatic carbocycles. The van der Waals surface area contributed by atoms with E-state index in [4.69, 9.17) is 4.74 Å². The molecule has 1 N–H and O–H groups in total. The molecule has 0 aliphatic rings. The van der Waals surface area contributed by atoms with Crippen LogP contribution in [0.4, 0.5) is 5.69 Å². The van der Waals surface area contributed by atoms with E-state index in [0.717, 1.165) is 24.2 Å². The summed E-state index contributed by atoms with van der Waals surface area (Å²) in [7, 11) is 1.68. The molecule has 0 aliphatic heterocycles. The van der Waals surface area contributed by atoms with E-state index in [1.54, 1.807) is 7.11 Å². The van der Waals surface area contributed by atoms with Crippen molar-refractivity contribution in [2.45, 2.75) is 19.9 Å². The molecule has 0 atom stereocenters. The maximum atomic E-state index is 12.5. The number of nitrogens with one attached hydrogen (secondary N) is 1. The number of rotatable bonds is 9. The molecular formula is C20H26N2O2. The minimum absolute atomic E-state index is 0.00272. The van der Waals surface area contributed by atoms with Gasteiger partial charge >= 0.3 is 0 Å². The number of anilines is 1. The van der Waals surface area contributed by atoms with E-state index >= 15 is 0 Å². The minimum atomic E-state index is 0.00272. The molecule has 0 fully saturated rings. The van der Waals surface area contributed by atoms with Gasteiger partial charge in [0.15, 0.2) is 0 Å². The Bertz CT molecular complexity index is 629. The molecule has 0 bridgehead atoms. The quantitative estimate of drug-likeness (QED) is 0.768. The van der Waals surface area contributed by atoms with E-state index in [9.17, 15) is 4.79 Å². The van der Waals surface area contributed by atoms with Gasteiger partial charge in [0, 0.05) is 25.9 Å². The molecule has 0 aromatic heterocycles. The number of benzene rings is 2. The van der Waals surface area contributed by atoms with Gasteiger partial charge in [-0.3, -0.25) is 9.69 Å². The summed E-state index contributed by atoms with van der Waals surface area (Å²) in [6.45, 7) is 4.48. The highest BCUT2D eigenvalue weighted by atomic mass is 16.5. The zero-order valence-corrected chi connectivity index (χ0v) is 14.5. The molecule has 4 nitrogen and oxygen atoms in total. The fourth-order valence-electron chi connectivity index (χ4n) is 2.62. The maximum absolute atomic E-state index is 12.5. The molecule has 0 radical (unpaired) electrons. The van der Waals surface area contributed by atoms with Crippen molar-refractivity contribution in [3.63, 3.8) is 0 Å². The second-order valence-corrected chi connectivity index (χ2v) is 5.75. The summed E-state index contributed by atoms with van der Waals surface area (Å²) < 4.78 is 5.17. The highest BCUT2D eigenvalue weighted by Gasteiger charge is 2.12. The average Bonchev–Trinajstić information content (AvgIpc) is 2.61. The van der Waals surface area contributed by atoms with Crippen molar-refractivity contribution in [1.82, 2.24) is 4.90 Å². The Morgan fingerprint density at radius 2 is 1.79 bits per heavy atom. The van der Waals surface area contributed by atoms with E-state index < -0.39 is 0 Å². The van der Waals surface area contributed by atoms with Crippen LogP contribution in [0.5, 0.6) is 0 Å². The molecule has 0 unspecified atom stereocenters. The molecule has 1 amide bonds. The van der Waals surface area contributed by atoms with Gasteiger partial charge in [0.25, 0.3) is 0 Å². The molecule has 0 heterocycles. The van der Waals surface area contributed by atoms with Gasteiger partial charge in [-0.15, -0.1) is 0 Å². The molecule has 128 valence electrons. The molecule has 0 aliphatic carbocycles. The summed E-state index contributed by atoms with van der Waals surface area (Å²) in [5, 5.41) is 3.03. The smallest absolute Gasteiger partial charge is 0.238 e. The Kier molecular flexibility index (Phi) is 7.46. The van der Waals surface area contributed by atoms with Crippen LogP contribution in [0, 0.1) is 0 Å². The second kappa shape index (κ2) is 9.85. The van der Waals surface area contributed by atoms with Gasteiger partial charge in [-0.2, -0.15) is 0 Å². The van der Waals surface area contributed by atoms with Gasteiger partial charge in [-0.25, -0.2) is 0 Å². The van der Waals surface area contributed by atoms with Crippen molar-refractivity contribution in [3.8, 4) is 0 Å². The van der Waals surface area contributed by atoms with Gasteiger partial charge in [-0.1, -0.05) is 55.5 Å². The van der Waals surface area contributed by atoms with Gasteiger partial charge in [0.2, 0.25) is 5.91 Å². The zero-order valence-electron chi connectivity index (χ0n) is 14.5. The van der Waals surface area contributed by atoms with Gasteiger partial charge < -0.3 is 10.1 Å². The van der Waals surface area contributed by atoms with Crippen LogP contribution in [0.15, 0.2) is 54.6 Å². The van der Waals surface area contributed by atoms with Crippen LogP contribution < -0.4 is 5.32 Å². The third-order valence-corrected chi connectivity index (χ3v) is 3.90. The fourth-order valence-corrected chi connectivity index (χ4v) is 2.62. The lowest BCUT2D eigenvalue weighted by molar-refractivity contribution is -0.117. The molecule has 2 rings (SSSR count). The Morgan fingerprint density at radius 1 is 1.08 bits per heavy atom. The first kappa shape index (κ1) is 18.2. The Morgan fingerprint density at radius 3 is 2.50 bits per heavy atom. The van der Waals surface area contributed by atoms with E-state index in [1.165, 1.54) is 5.56 Å². The third kappa shape index (κ3) is 5.80. The number of methoxy groups -OCH3 is 1. The Hall–Kier alpha value is -2.17. The van der Waals surface area contributed by atoms with E-state index in [0.29, 0.717) is 19.7 Å². The molecular weight excluding hydrogens is 300 g/mol. The summed E-state index contributed by atoms with van der Waals surface area (Å²) >= 11 is 0. The van der Waals surface area contributed by atoms with E-state index in [-0.39, 0.29) is 5.91 Å². The van der Waals surface area contributed by atoms with Crippen molar-refractivity contribution in [2.24, 2.45) is 0 Å². The highest BCUT2D eigenvalue weighted by molar-refractivity contribution is 5.93. The molecule has 0 saturated carbocycles. The number of amides is 1. The number of carbonyl (C=O) groups excluding carboxylic acids is 1. The van der Waals surface area contributed by atoms with Crippen LogP contribution in [-0.4, -0.2) is 37.6 Å². The first-order valence-corrected chi connectivity index (χ1v) is 8.36. The zero-order chi connectivity index (χ0) is 17.2. The molecule has 4 heteroatoms. The molecule has 0 spiro atoms. The van der Waals surface area contributed by atoms with Crippen molar-refractivity contribution in [2.75, 3.05) is 32.1 Å². The highest BCUT2D eigenvalue weighted by Crippen LogP contribution is 2.15. The second-order valence-electron chi connectivity index (χ2n) is 5.75. The van der Waals surface area contributed by atoms with Crippen LogP contribution in [0.3, 0.4) is 0 Å². The van der Waals surface area contributed by atoms with Crippen LogP contribution in [-0.2, 0) is 22.5 Å². The fraction of sp³-hybridized carbons (Fsp3) is 0.350. The lowest BCUT2D eigenvalue weighted by atomic mass is 10.1. The van der Waals surface area contributed by atoms with Crippen molar-refractivity contribution >= 4 is 11.6 Å². The predicted octanol–water partition coefficient (Wildman–Crippen LogP) is 3.34. The van der Waals surface area contributed by atoms with Crippen molar-refractivity contribution in [1.29, 1.82) is 0 Å². The van der Waals surface area contributed by atoms with Crippen molar-refractivity contribution < 1.29 is 9.53 Å². The first-order chi connectivity index (χ1) is 11.7. The molecule has 0 saturated heterocycles. The largest absolute Gasteiger partial charge is 0.383 e. The normalized spacial score (nSPS) is 10.8. The minimum Gasteiger partial charge on any atom is -0.383 e. The van der Waals surface area contributed by atoms with Crippen LogP contribution >= 0.6 is 0 Å².